The lowest BCUT2D eigenvalue weighted by atomic mass is 10.1. The number of carbonyl (C=O) groups excluding carboxylic acids is 2. The molecule has 1 aromatic carbocycles. The molecule has 5 nitrogen and oxygen atoms in total. The van der Waals surface area contributed by atoms with Gasteiger partial charge in [-0.2, -0.15) is 0 Å². The second kappa shape index (κ2) is 7.22. The van der Waals surface area contributed by atoms with Gasteiger partial charge in [0.15, 0.2) is 0 Å². The molecule has 1 N–H and O–H groups in total. The van der Waals surface area contributed by atoms with Crippen molar-refractivity contribution in [3.63, 3.8) is 0 Å². The predicted molar refractivity (Wildman–Crippen MR) is 83.2 cm³/mol. The van der Waals surface area contributed by atoms with Crippen LogP contribution in [0.3, 0.4) is 0 Å². The minimum absolute atomic E-state index is 0.0431. The van der Waals surface area contributed by atoms with E-state index in [0.717, 1.165) is 50.4 Å². The van der Waals surface area contributed by atoms with Crippen LogP contribution in [0.5, 0.6) is 0 Å². The lowest BCUT2D eigenvalue weighted by Gasteiger charge is -2.32. The Balaban J connectivity index is 1.78. The first-order valence-electron chi connectivity index (χ1n) is 7.38. The molecule has 1 aliphatic heterocycles. The Morgan fingerprint density at radius 3 is 2.62 bits per heavy atom. The SMILES string of the molecule is Cc1cccc(NC(=O)CCN2CCN(C=O)CC2)c1C. The van der Waals surface area contributed by atoms with Crippen LogP contribution in [0.25, 0.3) is 0 Å². The van der Waals surface area contributed by atoms with Crippen LogP contribution in [0.2, 0.25) is 0 Å². The third-order valence-corrected chi connectivity index (χ3v) is 4.09. The first-order chi connectivity index (χ1) is 10.1. The topological polar surface area (TPSA) is 52.7 Å². The molecule has 1 fully saturated rings. The number of hydrogen-bond acceptors (Lipinski definition) is 3. The molecule has 1 heterocycles. The monoisotopic (exact) mass is 289 g/mol. The highest BCUT2D eigenvalue weighted by Gasteiger charge is 2.16. The van der Waals surface area contributed by atoms with Crippen LogP contribution in [-0.2, 0) is 9.59 Å². The Hall–Kier alpha value is -1.88. The fraction of sp³-hybridized carbons (Fsp3) is 0.500. The molecule has 2 rings (SSSR count). The van der Waals surface area contributed by atoms with Gasteiger partial charge in [-0.05, 0) is 31.0 Å². The van der Waals surface area contributed by atoms with E-state index in [1.807, 2.05) is 32.0 Å². The molecule has 1 saturated heterocycles. The van der Waals surface area contributed by atoms with Crippen LogP contribution in [-0.4, -0.2) is 54.8 Å². The second-order valence-corrected chi connectivity index (χ2v) is 5.53. The zero-order valence-corrected chi connectivity index (χ0v) is 12.8. The van der Waals surface area contributed by atoms with Gasteiger partial charge >= 0.3 is 0 Å². The molecule has 0 aliphatic carbocycles. The van der Waals surface area contributed by atoms with Gasteiger partial charge in [0, 0.05) is 44.8 Å². The molecule has 21 heavy (non-hydrogen) atoms. The van der Waals surface area contributed by atoms with Crippen LogP contribution in [0.4, 0.5) is 5.69 Å². The van der Waals surface area contributed by atoms with Crippen molar-refractivity contribution in [2.75, 3.05) is 38.0 Å². The minimum atomic E-state index is 0.0431. The molecule has 1 aromatic rings. The Labute approximate surface area is 125 Å². The molecule has 0 spiro atoms. The van der Waals surface area contributed by atoms with Gasteiger partial charge in [0.2, 0.25) is 12.3 Å². The summed E-state index contributed by atoms with van der Waals surface area (Å²) in [6.07, 6.45) is 1.37. The number of carbonyl (C=O) groups is 2. The minimum Gasteiger partial charge on any atom is -0.343 e. The molecular formula is C16H23N3O2. The fourth-order valence-electron chi connectivity index (χ4n) is 2.45. The molecular weight excluding hydrogens is 266 g/mol. The van der Waals surface area contributed by atoms with Crippen LogP contribution < -0.4 is 5.32 Å². The summed E-state index contributed by atoms with van der Waals surface area (Å²) in [7, 11) is 0. The smallest absolute Gasteiger partial charge is 0.225 e. The lowest BCUT2D eigenvalue weighted by Crippen LogP contribution is -2.46. The van der Waals surface area contributed by atoms with Crippen molar-refractivity contribution in [1.82, 2.24) is 9.80 Å². The summed E-state index contributed by atoms with van der Waals surface area (Å²) in [5.74, 6) is 0.0431. The van der Waals surface area contributed by atoms with E-state index in [9.17, 15) is 9.59 Å². The van der Waals surface area contributed by atoms with Crippen molar-refractivity contribution in [3.05, 3.63) is 29.3 Å². The van der Waals surface area contributed by atoms with E-state index in [4.69, 9.17) is 0 Å². The summed E-state index contributed by atoms with van der Waals surface area (Å²) in [4.78, 5) is 26.7. The number of rotatable bonds is 5. The van der Waals surface area contributed by atoms with Crippen LogP contribution in [0.15, 0.2) is 18.2 Å². The molecule has 0 atom stereocenters. The zero-order valence-electron chi connectivity index (χ0n) is 12.8. The fourth-order valence-corrected chi connectivity index (χ4v) is 2.45. The maximum absolute atomic E-state index is 12.0. The zero-order chi connectivity index (χ0) is 15.2. The lowest BCUT2D eigenvalue weighted by molar-refractivity contribution is -0.120. The average molecular weight is 289 g/mol. The highest BCUT2D eigenvalue weighted by molar-refractivity contribution is 5.91. The number of piperazine rings is 1. The van der Waals surface area contributed by atoms with Gasteiger partial charge in [0.1, 0.15) is 0 Å². The predicted octanol–water partition coefficient (Wildman–Crippen LogP) is 1.41. The van der Waals surface area contributed by atoms with Gasteiger partial charge in [-0.1, -0.05) is 12.1 Å². The van der Waals surface area contributed by atoms with Crippen LogP contribution >= 0.6 is 0 Å². The van der Waals surface area contributed by atoms with Gasteiger partial charge < -0.3 is 10.2 Å². The maximum atomic E-state index is 12.0. The Bertz CT molecular complexity index is 508. The van der Waals surface area contributed by atoms with Crippen molar-refractivity contribution in [2.24, 2.45) is 0 Å². The van der Waals surface area contributed by atoms with E-state index in [-0.39, 0.29) is 5.91 Å². The number of anilines is 1. The molecule has 0 aromatic heterocycles. The molecule has 5 heteroatoms. The van der Waals surface area contributed by atoms with E-state index in [1.165, 1.54) is 5.56 Å². The molecule has 2 amide bonds. The van der Waals surface area contributed by atoms with E-state index < -0.39 is 0 Å². The second-order valence-electron chi connectivity index (χ2n) is 5.53. The number of nitrogens with zero attached hydrogens (tertiary/aromatic N) is 2. The number of nitrogens with one attached hydrogen (secondary N) is 1. The Morgan fingerprint density at radius 1 is 1.24 bits per heavy atom. The number of hydrogen-bond donors (Lipinski definition) is 1. The summed E-state index contributed by atoms with van der Waals surface area (Å²) in [6.45, 7) is 7.99. The van der Waals surface area contributed by atoms with Crippen molar-refractivity contribution in [2.45, 2.75) is 20.3 Å². The third kappa shape index (κ3) is 4.29. The number of amides is 2. The summed E-state index contributed by atoms with van der Waals surface area (Å²) in [5, 5.41) is 2.98. The number of benzene rings is 1. The van der Waals surface area contributed by atoms with E-state index in [2.05, 4.69) is 10.2 Å². The summed E-state index contributed by atoms with van der Waals surface area (Å²) in [5.41, 5.74) is 3.19. The first kappa shape index (κ1) is 15.5. The van der Waals surface area contributed by atoms with Gasteiger partial charge in [-0.3, -0.25) is 14.5 Å². The van der Waals surface area contributed by atoms with Gasteiger partial charge in [0.25, 0.3) is 0 Å². The standard InChI is InChI=1S/C16H23N3O2/c1-13-4-3-5-15(14(13)2)17-16(21)6-7-18-8-10-19(12-20)11-9-18/h3-5,12H,6-11H2,1-2H3,(H,17,21). The molecule has 0 radical (unpaired) electrons. The van der Waals surface area contributed by atoms with Crippen LogP contribution in [0, 0.1) is 13.8 Å². The van der Waals surface area contributed by atoms with Crippen molar-refractivity contribution in [3.8, 4) is 0 Å². The van der Waals surface area contributed by atoms with Crippen molar-refractivity contribution >= 4 is 18.0 Å². The number of aryl methyl sites for hydroxylation is 1. The van der Waals surface area contributed by atoms with E-state index >= 15 is 0 Å². The summed E-state index contributed by atoms with van der Waals surface area (Å²) in [6, 6.07) is 5.93. The summed E-state index contributed by atoms with van der Waals surface area (Å²) < 4.78 is 0. The molecule has 0 bridgehead atoms. The Kier molecular flexibility index (Phi) is 5.33. The molecule has 114 valence electrons. The maximum Gasteiger partial charge on any atom is 0.225 e. The van der Waals surface area contributed by atoms with Crippen molar-refractivity contribution in [1.29, 1.82) is 0 Å². The van der Waals surface area contributed by atoms with Gasteiger partial charge in [0.05, 0.1) is 0 Å². The van der Waals surface area contributed by atoms with Crippen molar-refractivity contribution < 1.29 is 9.59 Å². The molecule has 1 aliphatic rings. The Morgan fingerprint density at radius 2 is 1.95 bits per heavy atom. The first-order valence-corrected chi connectivity index (χ1v) is 7.38. The van der Waals surface area contributed by atoms with E-state index in [1.54, 1.807) is 4.90 Å². The normalized spacial score (nSPS) is 15.8. The van der Waals surface area contributed by atoms with Gasteiger partial charge in [-0.15, -0.1) is 0 Å². The molecule has 0 saturated carbocycles. The largest absolute Gasteiger partial charge is 0.343 e. The van der Waals surface area contributed by atoms with Crippen LogP contribution in [0.1, 0.15) is 17.5 Å². The van der Waals surface area contributed by atoms with E-state index in [0.29, 0.717) is 6.42 Å². The van der Waals surface area contributed by atoms with Gasteiger partial charge in [-0.25, -0.2) is 0 Å². The average Bonchev–Trinajstić information content (AvgIpc) is 2.50. The quantitative estimate of drug-likeness (QED) is 0.834. The summed E-state index contributed by atoms with van der Waals surface area (Å²) >= 11 is 0. The third-order valence-electron chi connectivity index (χ3n) is 4.09. The highest BCUT2D eigenvalue weighted by Crippen LogP contribution is 2.18. The molecule has 0 unspecified atom stereocenters. The highest BCUT2D eigenvalue weighted by atomic mass is 16.1.